The van der Waals surface area contributed by atoms with Gasteiger partial charge in [-0.25, -0.2) is 13.4 Å². The first-order valence-corrected chi connectivity index (χ1v) is 10.2. The van der Waals surface area contributed by atoms with Gasteiger partial charge in [-0.3, -0.25) is 4.72 Å². The monoisotopic (exact) mass is 412 g/mol. The highest BCUT2D eigenvalue weighted by Crippen LogP contribution is 2.35. The molecule has 2 aromatic carbocycles. The average molecular weight is 412 g/mol. The first-order chi connectivity index (χ1) is 12.6. The molecule has 1 N–H and O–H groups in total. The molecule has 0 saturated carbocycles. The lowest BCUT2D eigenvalue weighted by atomic mass is 10.0. The zero-order valence-electron chi connectivity index (χ0n) is 14.3. The molecule has 0 saturated heterocycles. The van der Waals surface area contributed by atoms with Crippen molar-refractivity contribution in [2.24, 2.45) is 0 Å². The Bertz CT molecular complexity index is 1090. The Hall–Kier alpha value is -2.39. The summed E-state index contributed by atoms with van der Waals surface area (Å²) in [6.07, 6.45) is -4.78. The van der Waals surface area contributed by atoms with Gasteiger partial charge in [-0.1, -0.05) is 29.8 Å². The summed E-state index contributed by atoms with van der Waals surface area (Å²) in [5, 5.41) is 1.66. The number of aryl methyl sites for hydroxylation is 2. The molecule has 0 amide bonds. The van der Waals surface area contributed by atoms with Gasteiger partial charge in [-0.15, -0.1) is 11.3 Å². The molecule has 1 aromatic heterocycles. The summed E-state index contributed by atoms with van der Waals surface area (Å²) >= 11 is 1.01. The first-order valence-electron chi connectivity index (χ1n) is 7.80. The van der Waals surface area contributed by atoms with Crippen molar-refractivity contribution >= 4 is 26.5 Å². The fraction of sp³-hybridized carbons (Fsp3) is 0.167. The summed E-state index contributed by atoms with van der Waals surface area (Å²) in [6.45, 7) is 3.82. The van der Waals surface area contributed by atoms with E-state index in [1.807, 2.05) is 32.0 Å². The van der Waals surface area contributed by atoms with Crippen LogP contribution < -0.4 is 4.72 Å². The number of rotatable bonds is 4. The van der Waals surface area contributed by atoms with Gasteiger partial charge in [0.25, 0.3) is 10.0 Å². The van der Waals surface area contributed by atoms with Gasteiger partial charge < -0.3 is 0 Å². The van der Waals surface area contributed by atoms with E-state index in [4.69, 9.17) is 0 Å². The van der Waals surface area contributed by atoms with Crippen LogP contribution in [0.15, 0.2) is 52.7 Å². The molecule has 3 aromatic rings. The zero-order chi connectivity index (χ0) is 19.8. The van der Waals surface area contributed by atoms with Crippen LogP contribution in [0.4, 0.5) is 18.3 Å². The third-order valence-electron chi connectivity index (χ3n) is 3.88. The Morgan fingerprint density at radius 2 is 1.78 bits per heavy atom. The van der Waals surface area contributed by atoms with Gasteiger partial charge in [-0.2, -0.15) is 13.2 Å². The van der Waals surface area contributed by atoms with Gasteiger partial charge in [0.1, 0.15) is 0 Å². The van der Waals surface area contributed by atoms with Gasteiger partial charge in [0.15, 0.2) is 5.13 Å². The lowest BCUT2D eigenvalue weighted by Gasteiger charge is -2.13. The van der Waals surface area contributed by atoms with Crippen molar-refractivity contribution in [3.63, 3.8) is 0 Å². The van der Waals surface area contributed by atoms with Crippen LogP contribution in [0.2, 0.25) is 0 Å². The van der Waals surface area contributed by atoms with Crippen molar-refractivity contribution in [1.82, 2.24) is 4.98 Å². The number of anilines is 1. The van der Waals surface area contributed by atoms with E-state index in [0.717, 1.165) is 46.2 Å². The molecule has 0 bridgehead atoms. The molecule has 0 atom stereocenters. The SMILES string of the molecule is Cc1ccc(C)c(-c2csc(NS(=O)(=O)c3ccccc3C(F)(F)F)n2)c1. The third-order valence-corrected chi connectivity index (χ3v) is 6.16. The molecule has 0 fully saturated rings. The van der Waals surface area contributed by atoms with Crippen LogP contribution in [0.25, 0.3) is 11.3 Å². The van der Waals surface area contributed by atoms with Gasteiger partial charge >= 0.3 is 6.18 Å². The number of benzene rings is 2. The normalized spacial score (nSPS) is 12.2. The van der Waals surface area contributed by atoms with E-state index in [2.05, 4.69) is 9.71 Å². The lowest BCUT2D eigenvalue weighted by molar-refractivity contribution is -0.139. The second-order valence-electron chi connectivity index (χ2n) is 5.96. The number of hydrogen-bond donors (Lipinski definition) is 1. The molecule has 3 rings (SSSR count). The molecule has 0 radical (unpaired) electrons. The smallest absolute Gasteiger partial charge is 0.255 e. The van der Waals surface area contributed by atoms with Crippen molar-refractivity contribution in [2.75, 3.05) is 4.72 Å². The molecule has 27 heavy (non-hydrogen) atoms. The number of aromatic nitrogens is 1. The lowest BCUT2D eigenvalue weighted by Crippen LogP contribution is -2.18. The topological polar surface area (TPSA) is 59.1 Å². The maximum atomic E-state index is 13.1. The van der Waals surface area contributed by atoms with E-state index in [0.29, 0.717) is 5.69 Å². The number of hydrogen-bond acceptors (Lipinski definition) is 4. The Morgan fingerprint density at radius 1 is 1.07 bits per heavy atom. The van der Waals surface area contributed by atoms with Crippen molar-refractivity contribution in [3.05, 3.63) is 64.5 Å². The van der Waals surface area contributed by atoms with Crippen LogP contribution in [0.5, 0.6) is 0 Å². The third kappa shape index (κ3) is 4.14. The van der Waals surface area contributed by atoms with Gasteiger partial charge in [0.05, 0.1) is 16.2 Å². The minimum Gasteiger partial charge on any atom is -0.255 e. The number of alkyl halides is 3. The second kappa shape index (κ2) is 6.97. The van der Waals surface area contributed by atoms with Crippen molar-refractivity contribution in [2.45, 2.75) is 24.9 Å². The van der Waals surface area contributed by atoms with E-state index < -0.39 is 26.7 Å². The standard InChI is InChI=1S/C18H15F3N2O2S2/c1-11-7-8-12(2)13(9-11)15-10-26-17(22-15)23-27(24,25)16-6-4-3-5-14(16)18(19,20)21/h3-10H,1-2H3,(H,22,23). The van der Waals surface area contributed by atoms with Crippen LogP contribution in [0, 0.1) is 13.8 Å². The summed E-state index contributed by atoms with van der Waals surface area (Å²) < 4.78 is 66.5. The van der Waals surface area contributed by atoms with Crippen LogP contribution >= 0.6 is 11.3 Å². The molecule has 9 heteroatoms. The van der Waals surface area contributed by atoms with E-state index >= 15 is 0 Å². The maximum absolute atomic E-state index is 13.1. The summed E-state index contributed by atoms with van der Waals surface area (Å²) in [6, 6.07) is 9.83. The number of nitrogens with one attached hydrogen (secondary N) is 1. The molecular formula is C18H15F3N2O2S2. The van der Waals surface area contributed by atoms with Crippen molar-refractivity contribution < 1.29 is 21.6 Å². The minimum absolute atomic E-state index is 0.00267. The number of thiazole rings is 1. The van der Waals surface area contributed by atoms with Crippen LogP contribution in [0.1, 0.15) is 16.7 Å². The predicted molar refractivity (Wildman–Crippen MR) is 99.3 cm³/mol. The highest BCUT2D eigenvalue weighted by atomic mass is 32.2. The summed E-state index contributed by atoms with van der Waals surface area (Å²) in [4.78, 5) is 3.40. The van der Waals surface area contributed by atoms with E-state index in [-0.39, 0.29) is 5.13 Å². The summed E-state index contributed by atoms with van der Waals surface area (Å²) in [5.41, 5.74) is 2.16. The Kier molecular flexibility index (Phi) is 5.00. The minimum atomic E-state index is -4.78. The van der Waals surface area contributed by atoms with Gasteiger partial charge in [0, 0.05) is 10.9 Å². The Labute approximate surface area is 158 Å². The Balaban J connectivity index is 1.95. The predicted octanol–water partition coefficient (Wildman–Crippen LogP) is 5.25. The fourth-order valence-corrected chi connectivity index (χ4v) is 4.75. The van der Waals surface area contributed by atoms with Crippen LogP contribution in [-0.4, -0.2) is 13.4 Å². The summed E-state index contributed by atoms with van der Waals surface area (Å²) in [5.74, 6) is 0. The van der Waals surface area contributed by atoms with Crippen molar-refractivity contribution in [1.29, 1.82) is 0 Å². The molecule has 1 heterocycles. The van der Waals surface area contributed by atoms with Crippen molar-refractivity contribution in [3.8, 4) is 11.3 Å². The molecular weight excluding hydrogens is 397 g/mol. The molecule has 0 aliphatic rings. The average Bonchev–Trinajstić information content (AvgIpc) is 3.04. The van der Waals surface area contributed by atoms with E-state index in [1.54, 1.807) is 5.38 Å². The van der Waals surface area contributed by atoms with E-state index in [9.17, 15) is 21.6 Å². The number of halogens is 3. The molecule has 0 unspecified atom stereocenters. The maximum Gasteiger partial charge on any atom is 0.417 e. The number of sulfonamides is 1. The highest BCUT2D eigenvalue weighted by molar-refractivity contribution is 7.93. The largest absolute Gasteiger partial charge is 0.417 e. The zero-order valence-corrected chi connectivity index (χ0v) is 16.0. The quantitative estimate of drug-likeness (QED) is 0.637. The van der Waals surface area contributed by atoms with Gasteiger partial charge in [-0.05, 0) is 37.6 Å². The Morgan fingerprint density at radius 3 is 2.48 bits per heavy atom. The molecule has 142 valence electrons. The van der Waals surface area contributed by atoms with Crippen LogP contribution in [-0.2, 0) is 16.2 Å². The van der Waals surface area contributed by atoms with Crippen LogP contribution in [0.3, 0.4) is 0 Å². The first kappa shape index (κ1) is 19.4. The second-order valence-corrected chi connectivity index (χ2v) is 8.46. The molecule has 0 spiro atoms. The molecule has 0 aliphatic carbocycles. The van der Waals surface area contributed by atoms with E-state index in [1.165, 1.54) is 6.07 Å². The number of nitrogens with zero attached hydrogens (tertiary/aromatic N) is 1. The summed E-state index contributed by atoms with van der Waals surface area (Å²) in [7, 11) is -4.44. The highest BCUT2D eigenvalue weighted by Gasteiger charge is 2.37. The fourth-order valence-electron chi connectivity index (χ4n) is 2.56. The molecule has 4 nitrogen and oxygen atoms in total. The molecule has 0 aliphatic heterocycles. The van der Waals surface area contributed by atoms with Gasteiger partial charge in [0.2, 0.25) is 0 Å².